The van der Waals surface area contributed by atoms with Crippen LogP contribution in [-0.2, 0) is 10.8 Å². The van der Waals surface area contributed by atoms with Gasteiger partial charge >= 0.3 is 0 Å². The van der Waals surface area contributed by atoms with Gasteiger partial charge in [0.2, 0.25) is 0 Å². The van der Waals surface area contributed by atoms with Gasteiger partial charge in [0.15, 0.2) is 0 Å². The lowest BCUT2D eigenvalue weighted by molar-refractivity contribution is 0.660. The van der Waals surface area contributed by atoms with Crippen LogP contribution in [0, 0.1) is 0 Å². The minimum Gasteiger partial charge on any atom is -0.455 e. The normalized spacial score (nSPS) is 14.1. The summed E-state index contributed by atoms with van der Waals surface area (Å²) in [6.45, 7) is 4.72. The van der Waals surface area contributed by atoms with E-state index >= 15 is 0 Å². The van der Waals surface area contributed by atoms with Gasteiger partial charge in [-0.2, -0.15) is 0 Å². The molecular formula is C108H70N2O2. The molecule has 3 aliphatic carbocycles. The topological polar surface area (TPSA) is 32.8 Å². The first-order chi connectivity index (χ1) is 55.3. The maximum absolute atomic E-state index is 7.02. The van der Waals surface area contributed by atoms with Gasteiger partial charge in [0.25, 0.3) is 0 Å². The molecule has 0 aliphatic heterocycles. The Morgan fingerprint density at radius 3 is 1.28 bits per heavy atom. The lowest BCUT2D eigenvalue weighted by atomic mass is 9.70. The van der Waals surface area contributed by atoms with E-state index in [0.29, 0.717) is 0 Å². The minimum absolute atomic E-state index is 0.131. The monoisotopic (exact) mass is 1430 g/mol. The Balaban J connectivity index is 0.611. The van der Waals surface area contributed by atoms with Crippen LogP contribution in [0.15, 0.2) is 397 Å². The number of furan rings is 2. The highest BCUT2D eigenvalue weighted by molar-refractivity contribution is 6.13. The highest BCUT2D eigenvalue weighted by atomic mass is 16.3. The van der Waals surface area contributed by atoms with Crippen LogP contribution in [0.25, 0.3) is 154 Å². The fourth-order valence-electron chi connectivity index (χ4n) is 19.7. The van der Waals surface area contributed by atoms with Gasteiger partial charge in [0.05, 0.1) is 28.2 Å². The molecule has 0 amide bonds. The summed E-state index contributed by atoms with van der Waals surface area (Å²) < 4.78 is 13.6. The van der Waals surface area contributed by atoms with Crippen LogP contribution in [0.4, 0.5) is 34.1 Å². The van der Waals surface area contributed by atoms with E-state index in [0.717, 1.165) is 117 Å². The molecule has 1 atom stereocenters. The van der Waals surface area contributed by atoms with Crippen LogP contribution >= 0.6 is 0 Å². The number of hydrogen-bond donors (Lipinski definition) is 0. The van der Waals surface area contributed by atoms with E-state index < -0.39 is 5.41 Å². The average Bonchev–Trinajstić information content (AvgIpc) is 1.50. The number of rotatable bonds is 11. The van der Waals surface area contributed by atoms with Gasteiger partial charge in [-0.1, -0.05) is 323 Å². The summed E-state index contributed by atoms with van der Waals surface area (Å²) >= 11 is 0. The fraction of sp³-hybridized carbons (Fsp3) is 0.0370. The van der Waals surface area contributed by atoms with Crippen molar-refractivity contribution in [3.8, 4) is 89.0 Å². The van der Waals surface area contributed by atoms with Crippen LogP contribution in [0.1, 0.15) is 47.2 Å². The average molecular weight is 1430 g/mol. The molecule has 0 saturated heterocycles. The molecule has 1 unspecified atom stereocenters. The highest BCUT2D eigenvalue weighted by Crippen LogP contribution is 2.65. The number of anilines is 6. The molecule has 0 saturated carbocycles. The summed E-state index contributed by atoms with van der Waals surface area (Å²) in [6.07, 6.45) is 0. The first-order valence-corrected chi connectivity index (χ1v) is 38.9. The van der Waals surface area contributed by atoms with Gasteiger partial charge in [0, 0.05) is 71.4 Å². The van der Waals surface area contributed by atoms with E-state index in [1.54, 1.807) is 0 Å². The molecule has 4 nitrogen and oxygen atoms in total. The number of para-hydroxylation sites is 5. The van der Waals surface area contributed by atoms with Crippen molar-refractivity contribution in [2.24, 2.45) is 0 Å². The largest absolute Gasteiger partial charge is 0.455 e. The van der Waals surface area contributed by atoms with Crippen LogP contribution in [0.5, 0.6) is 0 Å². The van der Waals surface area contributed by atoms with E-state index in [-0.39, 0.29) is 5.41 Å². The molecule has 0 bridgehead atoms. The quantitative estimate of drug-likeness (QED) is 0.129. The van der Waals surface area contributed by atoms with Crippen molar-refractivity contribution in [2.45, 2.75) is 24.7 Å². The van der Waals surface area contributed by atoms with Crippen molar-refractivity contribution >= 4 is 99.5 Å². The summed E-state index contributed by atoms with van der Waals surface area (Å²) in [4.78, 5) is 4.92. The van der Waals surface area contributed by atoms with Crippen molar-refractivity contribution in [3.05, 3.63) is 422 Å². The summed E-state index contributed by atoms with van der Waals surface area (Å²) in [5.41, 5.74) is 36.1. The summed E-state index contributed by atoms with van der Waals surface area (Å²) in [7, 11) is 0. The molecule has 2 heterocycles. The maximum atomic E-state index is 7.02. The zero-order chi connectivity index (χ0) is 73.9. The number of hydrogen-bond acceptors (Lipinski definition) is 4. The molecule has 2 aromatic heterocycles. The second-order valence-electron chi connectivity index (χ2n) is 30.8. The van der Waals surface area contributed by atoms with Crippen LogP contribution in [0.3, 0.4) is 0 Å². The van der Waals surface area contributed by atoms with Gasteiger partial charge in [-0.3, -0.25) is 0 Å². The third kappa shape index (κ3) is 9.36. The Bertz CT molecular complexity index is 7300. The summed E-state index contributed by atoms with van der Waals surface area (Å²) in [5.74, 6) is 0. The van der Waals surface area contributed by atoms with Crippen molar-refractivity contribution < 1.29 is 8.83 Å². The van der Waals surface area contributed by atoms with Gasteiger partial charge in [-0.15, -0.1) is 0 Å². The molecule has 18 aromatic carbocycles. The van der Waals surface area contributed by atoms with E-state index in [2.05, 4.69) is 406 Å². The number of nitrogens with zero attached hydrogens (tertiary/aromatic N) is 2. The Morgan fingerprint density at radius 2 is 0.616 bits per heavy atom. The predicted octanol–water partition coefficient (Wildman–Crippen LogP) is 29.7. The number of benzene rings is 18. The van der Waals surface area contributed by atoms with E-state index in [1.165, 1.54) is 105 Å². The number of fused-ring (bicyclic) bond motifs is 21. The van der Waals surface area contributed by atoms with Crippen LogP contribution in [-0.4, -0.2) is 0 Å². The first kappa shape index (κ1) is 63.7. The van der Waals surface area contributed by atoms with Crippen LogP contribution < -0.4 is 9.80 Å². The molecule has 112 heavy (non-hydrogen) atoms. The minimum atomic E-state index is -0.596. The zero-order valence-corrected chi connectivity index (χ0v) is 61.7. The predicted molar refractivity (Wildman–Crippen MR) is 466 cm³/mol. The third-order valence-corrected chi connectivity index (χ3v) is 24.7. The van der Waals surface area contributed by atoms with Gasteiger partial charge in [0.1, 0.15) is 22.3 Å². The smallest absolute Gasteiger partial charge is 0.143 e. The summed E-state index contributed by atoms with van der Waals surface area (Å²) in [5, 5.41) is 9.13. The molecule has 524 valence electrons. The molecule has 20 aromatic rings. The molecular weight excluding hydrogens is 1360 g/mol. The zero-order valence-electron chi connectivity index (χ0n) is 61.7. The Morgan fingerprint density at radius 1 is 0.214 bits per heavy atom. The van der Waals surface area contributed by atoms with Crippen molar-refractivity contribution in [3.63, 3.8) is 0 Å². The maximum Gasteiger partial charge on any atom is 0.143 e. The fourth-order valence-corrected chi connectivity index (χ4v) is 19.7. The van der Waals surface area contributed by atoms with E-state index in [1.807, 2.05) is 6.07 Å². The van der Waals surface area contributed by atoms with Crippen molar-refractivity contribution in [1.29, 1.82) is 0 Å². The lowest BCUT2D eigenvalue weighted by Crippen LogP contribution is -2.25. The van der Waals surface area contributed by atoms with Crippen molar-refractivity contribution in [1.82, 2.24) is 0 Å². The Hall–Kier alpha value is -14.3. The van der Waals surface area contributed by atoms with Gasteiger partial charge in [-0.05, 0) is 190 Å². The molecule has 0 fully saturated rings. The molecule has 1 spiro atoms. The second-order valence-corrected chi connectivity index (χ2v) is 30.8. The van der Waals surface area contributed by atoms with Gasteiger partial charge in [-0.25, -0.2) is 0 Å². The summed E-state index contributed by atoms with van der Waals surface area (Å²) in [6, 6.07) is 144. The Labute approximate surface area is 649 Å². The Kier molecular flexibility index (Phi) is 14.0. The second kappa shape index (κ2) is 24.6. The third-order valence-electron chi connectivity index (χ3n) is 24.7. The molecule has 0 radical (unpaired) electrons. The molecule has 4 heteroatoms. The standard InChI is InChI=1S/C108H70N2O2/c1-107(2)92-41-13-7-31-81(92)83-61-54-73(66-97(83)107)78-30-10-16-45-98(78)109(99-47-19-26-67-24-3-5-28-76(67)99)74-57-50-70(51-58-74)80-37-22-40-88-91-65-72(56-63-103(91)112-106(80)88)71-55-62-95-90(64-71)82-32-8-14-42-93(82)108(95)94-43-15-9-35-89(94)104-86(38-23-44-96(104)108)84-33-11-17-46-101(84)110(100-48-20-27-68-25-4-6-29-77(68)100)75-59-52-69(53-60-75)79-36-21-39-87-85-34-12-18-49-102(85)111-105(79)87/h3-66H,1-2H3. The first-order valence-electron chi connectivity index (χ1n) is 38.9. The van der Waals surface area contributed by atoms with Crippen molar-refractivity contribution in [2.75, 3.05) is 9.80 Å². The van der Waals surface area contributed by atoms with Crippen LogP contribution in [0.2, 0.25) is 0 Å². The molecule has 0 N–H and O–H groups in total. The highest BCUT2D eigenvalue weighted by Gasteiger charge is 2.52. The van der Waals surface area contributed by atoms with E-state index in [4.69, 9.17) is 8.83 Å². The van der Waals surface area contributed by atoms with Gasteiger partial charge < -0.3 is 18.6 Å². The van der Waals surface area contributed by atoms with E-state index in [9.17, 15) is 0 Å². The SMILES string of the molecule is CC1(C)c2ccccc2-c2ccc(-c3ccccc3N(c3ccc(-c4cccc5c4oc4ccc(-c6ccc7c(c6)-c6ccccc6C76c7ccccc7-c7c(-c8ccccc8N(c8ccc(-c9cccc%10c9oc9ccccc9%10)cc8)c8cccc9ccccc89)cccc76)cc45)cc3)c3cccc4ccccc34)cc21. The lowest BCUT2D eigenvalue weighted by Gasteiger charge is -2.31. The molecule has 23 rings (SSSR count). The molecule has 3 aliphatic rings.